The Hall–Kier alpha value is -2.42. The van der Waals surface area contributed by atoms with Crippen LogP contribution < -0.4 is 0 Å². The van der Waals surface area contributed by atoms with Crippen LogP contribution in [0.2, 0.25) is 0 Å². The zero-order chi connectivity index (χ0) is 40.1. The van der Waals surface area contributed by atoms with E-state index in [-0.39, 0.29) is 11.6 Å². The van der Waals surface area contributed by atoms with E-state index in [4.69, 9.17) is 0 Å². The number of allylic oxidation sites excluding steroid dienone is 6. The summed E-state index contributed by atoms with van der Waals surface area (Å²) >= 11 is 0. The number of aliphatic hydroxyl groups is 5. The van der Waals surface area contributed by atoms with E-state index in [1.807, 2.05) is 27.7 Å². The average Bonchev–Trinajstić information content (AvgIpc) is 3.02. The summed E-state index contributed by atoms with van der Waals surface area (Å²) in [6, 6.07) is 7.04. The van der Waals surface area contributed by atoms with E-state index in [0.717, 1.165) is 38.5 Å². The Morgan fingerprint density at radius 1 is 0.547 bits per heavy atom. The minimum atomic E-state index is -0.854. The van der Waals surface area contributed by atoms with Crippen LogP contribution >= 0.6 is 0 Å². The molecule has 7 heteroatoms. The van der Waals surface area contributed by atoms with Crippen LogP contribution in [0.15, 0.2) is 58.7 Å². The first kappa shape index (κ1) is 46.7. The predicted molar refractivity (Wildman–Crippen MR) is 217 cm³/mol. The number of hydrogen-bond donors (Lipinski definition) is 5. The summed E-state index contributed by atoms with van der Waals surface area (Å²) in [6.45, 7) is 16.9. The van der Waals surface area contributed by atoms with E-state index in [0.29, 0.717) is 99.3 Å². The maximum atomic E-state index is 13.0. The molecule has 4 atom stereocenters. The lowest BCUT2D eigenvalue weighted by molar-refractivity contribution is -0.00472. The molecule has 1 aromatic rings. The molecule has 2 rings (SSSR count). The van der Waals surface area contributed by atoms with Gasteiger partial charge in [-0.2, -0.15) is 0 Å². The Bertz CT molecular complexity index is 1430. The van der Waals surface area contributed by atoms with Crippen molar-refractivity contribution in [3.05, 3.63) is 69.8 Å². The topological polar surface area (TPSA) is 135 Å². The third-order valence-electron chi connectivity index (χ3n) is 11.3. The lowest BCUT2D eigenvalue weighted by Gasteiger charge is -2.30. The largest absolute Gasteiger partial charge is 0.390 e. The van der Waals surface area contributed by atoms with Crippen molar-refractivity contribution in [1.82, 2.24) is 0 Å². The summed E-state index contributed by atoms with van der Waals surface area (Å²) in [7, 11) is 0. The van der Waals surface area contributed by atoms with Crippen molar-refractivity contribution in [3.63, 3.8) is 0 Å². The number of carbonyl (C=O) groups is 2. The van der Waals surface area contributed by atoms with Crippen molar-refractivity contribution in [1.29, 1.82) is 0 Å². The highest BCUT2D eigenvalue weighted by Crippen LogP contribution is 2.31. The van der Waals surface area contributed by atoms with Gasteiger partial charge in [-0.15, -0.1) is 0 Å². The van der Waals surface area contributed by atoms with Gasteiger partial charge >= 0.3 is 0 Å². The molecule has 0 aromatic heterocycles. The first-order chi connectivity index (χ1) is 24.4. The van der Waals surface area contributed by atoms with Crippen LogP contribution in [0.25, 0.3) is 0 Å². The fourth-order valence-corrected chi connectivity index (χ4v) is 7.52. The lowest BCUT2D eigenvalue weighted by atomic mass is 9.83. The molecule has 0 radical (unpaired) electrons. The van der Waals surface area contributed by atoms with E-state index in [2.05, 4.69) is 26.0 Å². The third-order valence-corrected chi connectivity index (χ3v) is 11.3. The molecule has 53 heavy (non-hydrogen) atoms. The first-order valence-corrected chi connectivity index (χ1v) is 20.2. The molecule has 0 amide bonds. The zero-order valence-corrected chi connectivity index (χ0v) is 34.7. The second kappa shape index (κ2) is 20.5. The summed E-state index contributed by atoms with van der Waals surface area (Å²) in [5.41, 5.74) is 0.577. The maximum Gasteiger partial charge on any atom is 0.190 e. The molecule has 0 aliphatic heterocycles. The van der Waals surface area contributed by atoms with Gasteiger partial charge in [0.15, 0.2) is 11.6 Å². The number of rotatable bonds is 25. The number of fused-ring (bicyclic) bond motifs is 1. The molecule has 1 aromatic carbocycles. The molecule has 0 saturated heterocycles. The minimum absolute atomic E-state index is 0.0498. The van der Waals surface area contributed by atoms with Gasteiger partial charge in [0.25, 0.3) is 0 Å². The molecule has 0 heterocycles. The lowest BCUT2D eigenvalue weighted by Crippen LogP contribution is -2.30. The molecule has 300 valence electrons. The molecule has 1 aliphatic carbocycles. The second-order valence-electron chi connectivity index (χ2n) is 18.2. The van der Waals surface area contributed by atoms with E-state index in [9.17, 15) is 35.1 Å². The van der Waals surface area contributed by atoms with Gasteiger partial charge in [0.05, 0.1) is 28.0 Å². The van der Waals surface area contributed by atoms with Gasteiger partial charge in [0.2, 0.25) is 0 Å². The molecular formula is C46H74O7. The molecule has 7 nitrogen and oxygen atoms in total. The third kappa shape index (κ3) is 18.2. The van der Waals surface area contributed by atoms with Gasteiger partial charge in [0.1, 0.15) is 0 Å². The highest BCUT2D eigenvalue weighted by Gasteiger charge is 2.30. The normalized spacial score (nSPS) is 19.1. The van der Waals surface area contributed by atoms with Gasteiger partial charge < -0.3 is 25.5 Å². The number of Topliss-reactive ketones (excluding diaryl/α,β-unsaturated/α-hetero) is 2. The second-order valence-corrected chi connectivity index (χ2v) is 18.2. The predicted octanol–water partition coefficient (Wildman–Crippen LogP) is 10.1. The molecule has 0 fully saturated rings. The van der Waals surface area contributed by atoms with Crippen LogP contribution in [0.3, 0.4) is 0 Å². The van der Waals surface area contributed by atoms with Gasteiger partial charge in [-0.3, -0.25) is 9.59 Å². The van der Waals surface area contributed by atoms with Crippen LogP contribution in [0.1, 0.15) is 199 Å². The van der Waals surface area contributed by atoms with Gasteiger partial charge in [-0.25, -0.2) is 0 Å². The SMILES string of the molecule is CC1=C(C/C=C(\C)CC/C=C(\C)CCCC(C)(O)CCCC(C)(O)CCCC(C)(O)CCCC(C)(O)CCCC(C)(C)O)C(=O)c2ccccc2C1=O. The number of ketones is 2. The minimum Gasteiger partial charge on any atom is -0.390 e. The van der Waals surface area contributed by atoms with Crippen LogP contribution in [-0.2, 0) is 0 Å². The van der Waals surface area contributed by atoms with E-state index >= 15 is 0 Å². The van der Waals surface area contributed by atoms with E-state index in [1.165, 1.54) is 11.1 Å². The quantitative estimate of drug-likeness (QED) is 0.0630. The summed E-state index contributed by atoms with van der Waals surface area (Å²) < 4.78 is 0. The number of benzene rings is 1. The number of carbonyl (C=O) groups excluding carboxylic acids is 2. The maximum absolute atomic E-state index is 13.0. The van der Waals surface area contributed by atoms with E-state index < -0.39 is 28.0 Å². The Kier molecular flexibility index (Phi) is 18.1. The van der Waals surface area contributed by atoms with E-state index in [1.54, 1.807) is 45.0 Å². The Morgan fingerprint density at radius 3 is 1.36 bits per heavy atom. The zero-order valence-electron chi connectivity index (χ0n) is 34.7. The highest BCUT2D eigenvalue weighted by molar-refractivity contribution is 6.26. The van der Waals surface area contributed by atoms with Gasteiger partial charge in [0, 0.05) is 22.3 Å². The summed E-state index contributed by atoms with van der Waals surface area (Å²) in [5, 5.41) is 53.6. The van der Waals surface area contributed by atoms with Crippen LogP contribution in [0.5, 0.6) is 0 Å². The van der Waals surface area contributed by atoms with Crippen molar-refractivity contribution < 1.29 is 35.1 Å². The summed E-state index contributed by atoms with van der Waals surface area (Å²) in [5.74, 6) is -0.110. The molecule has 5 N–H and O–H groups in total. The smallest absolute Gasteiger partial charge is 0.190 e. The highest BCUT2D eigenvalue weighted by atomic mass is 16.3. The molecule has 1 aliphatic rings. The standard InChI is InChI=1S/C46H74O7/c1-34(18-12-19-35(2)23-24-37-36(3)40(47)38-21-10-11-22-39(38)41(37)48)20-13-26-43(6,50)28-15-30-45(8,52)32-17-33-46(9,53)31-16-29-44(7,51)27-14-25-42(4,5)49/h10-11,18,21-23,49-53H,12-17,19-20,24-33H2,1-9H3/b34-18+,35-23+. The first-order valence-electron chi connectivity index (χ1n) is 20.2. The summed E-state index contributed by atoms with van der Waals surface area (Å²) in [4.78, 5) is 25.8. The average molecular weight is 739 g/mol. The monoisotopic (exact) mass is 739 g/mol. The fraction of sp³-hybridized carbons (Fsp3) is 0.696. The van der Waals surface area contributed by atoms with Gasteiger partial charge in [-0.1, -0.05) is 47.6 Å². The van der Waals surface area contributed by atoms with Crippen molar-refractivity contribution in [2.45, 2.75) is 206 Å². The van der Waals surface area contributed by atoms with Crippen molar-refractivity contribution in [2.75, 3.05) is 0 Å². The van der Waals surface area contributed by atoms with Crippen molar-refractivity contribution >= 4 is 11.6 Å². The molecule has 0 spiro atoms. The Balaban J connectivity index is 1.65. The molecular weight excluding hydrogens is 664 g/mol. The van der Waals surface area contributed by atoms with Crippen LogP contribution in [0, 0.1) is 0 Å². The van der Waals surface area contributed by atoms with Crippen LogP contribution in [-0.4, -0.2) is 65.1 Å². The van der Waals surface area contributed by atoms with Crippen molar-refractivity contribution in [3.8, 4) is 0 Å². The summed E-state index contributed by atoms with van der Waals surface area (Å²) in [6.07, 6.45) is 16.8. The molecule has 0 bridgehead atoms. The molecule has 0 saturated carbocycles. The van der Waals surface area contributed by atoms with Gasteiger partial charge in [-0.05, 0) is 178 Å². The Morgan fingerprint density at radius 2 is 0.925 bits per heavy atom. The fourth-order valence-electron chi connectivity index (χ4n) is 7.52. The molecule has 4 unspecified atom stereocenters. The van der Waals surface area contributed by atoms with Crippen LogP contribution in [0.4, 0.5) is 0 Å². The number of hydrogen-bond acceptors (Lipinski definition) is 7. The van der Waals surface area contributed by atoms with Crippen molar-refractivity contribution in [2.24, 2.45) is 0 Å². The Labute approximate surface area is 321 Å².